The predicted molar refractivity (Wildman–Crippen MR) is 74.6 cm³/mol. The van der Waals surface area contributed by atoms with E-state index in [1.165, 1.54) is 40.4 Å². The van der Waals surface area contributed by atoms with Crippen molar-refractivity contribution in [1.29, 1.82) is 0 Å². The lowest BCUT2D eigenvalue weighted by molar-refractivity contribution is 0.0970. The van der Waals surface area contributed by atoms with Crippen LogP contribution in [0.3, 0.4) is 0 Å². The van der Waals surface area contributed by atoms with E-state index in [1.54, 1.807) is 11.4 Å². The standard InChI is InChI=1S/C14H9FN2O2S/c15-10-3-1-2-9(6-10)12(18)7-17-8-16-13-11(14(17)19)4-5-20-13/h1-6,8H,7H2. The normalized spacial score (nSPS) is 10.8. The van der Waals surface area contributed by atoms with Gasteiger partial charge in [-0.25, -0.2) is 9.37 Å². The summed E-state index contributed by atoms with van der Waals surface area (Å²) in [5.74, 6) is -0.808. The fourth-order valence-electron chi connectivity index (χ4n) is 1.91. The fourth-order valence-corrected chi connectivity index (χ4v) is 2.64. The van der Waals surface area contributed by atoms with Gasteiger partial charge in [-0.1, -0.05) is 12.1 Å². The number of Topliss-reactive ketones (excluding diaryl/α,β-unsaturated/α-hetero) is 1. The van der Waals surface area contributed by atoms with Gasteiger partial charge in [0.25, 0.3) is 5.56 Å². The van der Waals surface area contributed by atoms with E-state index < -0.39 is 5.82 Å². The molecule has 0 amide bonds. The van der Waals surface area contributed by atoms with E-state index in [2.05, 4.69) is 4.98 Å². The molecule has 0 saturated carbocycles. The molecule has 20 heavy (non-hydrogen) atoms. The quantitative estimate of drug-likeness (QED) is 0.696. The Kier molecular flexibility index (Phi) is 3.15. The van der Waals surface area contributed by atoms with Gasteiger partial charge in [0, 0.05) is 5.56 Å². The van der Waals surface area contributed by atoms with E-state index >= 15 is 0 Å². The zero-order chi connectivity index (χ0) is 14.1. The highest BCUT2D eigenvalue weighted by Gasteiger charge is 2.11. The second kappa shape index (κ2) is 4.97. The minimum atomic E-state index is -0.477. The maximum atomic E-state index is 13.1. The molecule has 6 heteroatoms. The molecule has 4 nitrogen and oxygen atoms in total. The van der Waals surface area contributed by atoms with Crippen molar-refractivity contribution in [3.05, 3.63) is 63.8 Å². The minimum Gasteiger partial charge on any atom is -0.292 e. The van der Waals surface area contributed by atoms with Crippen LogP contribution in [0.25, 0.3) is 10.2 Å². The Labute approximate surface area is 117 Å². The molecule has 0 atom stereocenters. The maximum absolute atomic E-state index is 13.1. The van der Waals surface area contributed by atoms with Crippen molar-refractivity contribution in [2.24, 2.45) is 0 Å². The minimum absolute atomic E-state index is 0.152. The molecule has 2 heterocycles. The number of benzene rings is 1. The second-order valence-electron chi connectivity index (χ2n) is 4.25. The highest BCUT2D eigenvalue weighted by Crippen LogP contribution is 2.13. The summed E-state index contributed by atoms with van der Waals surface area (Å²) < 4.78 is 14.3. The van der Waals surface area contributed by atoms with Crippen molar-refractivity contribution in [3.8, 4) is 0 Å². The largest absolute Gasteiger partial charge is 0.292 e. The highest BCUT2D eigenvalue weighted by molar-refractivity contribution is 7.16. The lowest BCUT2D eigenvalue weighted by Crippen LogP contribution is -2.24. The Morgan fingerprint density at radius 2 is 2.20 bits per heavy atom. The van der Waals surface area contributed by atoms with Crippen LogP contribution >= 0.6 is 11.3 Å². The first-order valence-corrected chi connectivity index (χ1v) is 6.74. The molecular weight excluding hydrogens is 279 g/mol. The van der Waals surface area contributed by atoms with Gasteiger partial charge in [-0.05, 0) is 23.6 Å². The first-order chi connectivity index (χ1) is 9.65. The Hall–Kier alpha value is -2.34. The van der Waals surface area contributed by atoms with Gasteiger partial charge in [0.1, 0.15) is 10.6 Å². The van der Waals surface area contributed by atoms with E-state index in [4.69, 9.17) is 0 Å². The topological polar surface area (TPSA) is 52.0 Å². The summed E-state index contributed by atoms with van der Waals surface area (Å²) in [5, 5.41) is 2.27. The summed E-state index contributed by atoms with van der Waals surface area (Å²) in [5.41, 5.74) is -0.0247. The molecular formula is C14H9FN2O2S. The Morgan fingerprint density at radius 3 is 3.00 bits per heavy atom. The van der Waals surface area contributed by atoms with Crippen molar-refractivity contribution in [2.75, 3.05) is 0 Å². The molecule has 2 aromatic heterocycles. The van der Waals surface area contributed by atoms with Crippen molar-refractivity contribution in [1.82, 2.24) is 9.55 Å². The smallest absolute Gasteiger partial charge is 0.262 e. The van der Waals surface area contributed by atoms with E-state index in [-0.39, 0.29) is 23.5 Å². The second-order valence-corrected chi connectivity index (χ2v) is 5.15. The maximum Gasteiger partial charge on any atom is 0.262 e. The number of carbonyl (C=O) groups excluding carboxylic acids is 1. The molecule has 3 rings (SSSR count). The monoisotopic (exact) mass is 288 g/mol. The molecule has 0 aliphatic heterocycles. The van der Waals surface area contributed by atoms with Crippen LogP contribution in [0.1, 0.15) is 10.4 Å². The van der Waals surface area contributed by atoms with E-state index in [9.17, 15) is 14.0 Å². The molecule has 3 aromatic rings. The fraction of sp³-hybridized carbons (Fsp3) is 0.0714. The van der Waals surface area contributed by atoms with Gasteiger partial charge in [-0.3, -0.25) is 14.2 Å². The number of hydrogen-bond donors (Lipinski definition) is 0. The van der Waals surface area contributed by atoms with Crippen LogP contribution in [0.2, 0.25) is 0 Å². The third-order valence-electron chi connectivity index (χ3n) is 2.91. The zero-order valence-corrected chi connectivity index (χ0v) is 11.1. The first-order valence-electron chi connectivity index (χ1n) is 5.86. The van der Waals surface area contributed by atoms with Crippen LogP contribution in [-0.4, -0.2) is 15.3 Å². The van der Waals surface area contributed by atoms with Crippen molar-refractivity contribution >= 4 is 27.3 Å². The molecule has 100 valence electrons. The first kappa shape index (κ1) is 12.7. The number of fused-ring (bicyclic) bond motifs is 1. The summed E-state index contributed by atoms with van der Waals surface area (Å²) in [6.07, 6.45) is 1.35. The molecule has 0 fully saturated rings. The van der Waals surface area contributed by atoms with Crippen LogP contribution in [0.15, 0.2) is 46.8 Å². The Morgan fingerprint density at radius 1 is 1.35 bits per heavy atom. The zero-order valence-electron chi connectivity index (χ0n) is 10.2. The predicted octanol–water partition coefficient (Wildman–Crippen LogP) is 2.48. The summed E-state index contributed by atoms with van der Waals surface area (Å²) in [7, 11) is 0. The molecule has 0 spiro atoms. The van der Waals surface area contributed by atoms with Gasteiger partial charge >= 0.3 is 0 Å². The third-order valence-corrected chi connectivity index (χ3v) is 3.73. The van der Waals surface area contributed by atoms with Gasteiger partial charge in [-0.2, -0.15) is 0 Å². The van der Waals surface area contributed by atoms with Crippen LogP contribution < -0.4 is 5.56 Å². The average Bonchev–Trinajstić information content (AvgIpc) is 2.91. The van der Waals surface area contributed by atoms with Gasteiger partial charge in [0.15, 0.2) is 5.78 Å². The molecule has 0 unspecified atom stereocenters. The number of aromatic nitrogens is 2. The lowest BCUT2D eigenvalue weighted by Gasteiger charge is -2.04. The SMILES string of the molecule is O=C(Cn1cnc2sccc2c1=O)c1cccc(F)c1. The molecule has 0 radical (unpaired) electrons. The van der Waals surface area contributed by atoms with E-state index in [1.807, 2.05) is 0 Å². The molecule has 0 N–H and O–H groups in total. The molecule has 0 aliphatic rings. The summed E-state index contributed by atoms with van der Waals surface area (Å²) in [6.45, 7) is -0.152. The molecule has 0 bridgehead atoms. The number of carbonyl (C=O) groups is 1. The number of nitrogens with zero attached hydrogens (tertiary/aromatic N) is 2. The van der Waals surface area contributed by atoms with Gasteiger partial charge in [-0.15, -0.1) is 11.3 Å². The van der Waals surface area contributed by atoms with Crippen LogP contribution in [0, 0.1) is 5.82 Å². The van der Waals surface area contributed by atoms with Crippen LogP contribution in [0.4, 0.5) is 4.39 Å². The van der Waals surface area contributed by atoms with Crippen LogP contribution in [-0.2, 0) is 6.54 Å². The number of hydrogen-bond acceptors (Lipinski definition) is 4. The highest BCUT2D eigenvalue weighted by atomic mass is 32.1. The van der Waals surface area contributed by atoms with E-state index in [0.717, 1.165) is 6.07 Å². The summed E-state index contributed by atoms with van der Waals surface area (Å²) in [4.78, 5) is 28.9. The van der Waals surface area contributed by atoms with Gasteiger partial charge in [0.2, 0.25) is 0 Å². The third kappa shape index (κ3) is 2.25. The lowest BCUT2D eigenvalue weighted by atomic mass is 10.1. The summed E-state index contributed by atoms with van der Waals surface area (Å²) >= 11 is 1.37. The van der Waals surface area contributed by atoms with E-state index in [0.29, 0.717) is 10.2 Å². The number of ketones is 1. The summed E-state index contributed by atoms with van der Waals surface area (Å²) in [6, 6.07) is 7.09. The number of halogens is 1. The molecule has 1 aromatic carbocycles. The van der Waals surface area contributed by atoms with Crippen molar-refractivity contribution < 1.29 is 9.18 Å². The Bertz CT molecular complexity index is 854. The molecule has 0 aliphatic carbocycles. The van der Waals surface area contributed by atoms with Crippen molar-refractivity contribution in [3.63, 3.8) is 0 Å². The number of thiophene rings is 1. The average molecular weight is 288 g/mol. The van der Waals surface area contributed by atoms with Crippen molar-refractivity contribution in [2.45, 2.75) is 6.54 Å². The number of rotatable bonds is 3. The van der Waals surface area contributed by atoms with Gasteiger partial charge < -0.3 is 0 Å². The van der Waals surface area contributed by atoms with Crippen LogP contribution in [0.5, 0.6) is 0 Å². The molecule has 0 saturated heterocycles. The Balaban J connectivity index is 1.95. The van der Waals surface area contributed by atoms with Gasteiger partial charge in [0.05, 0.1) is 18.3 Å².